The molecule has 1 fully saturated rings. The number of likely N-dealkylation sites (N-methyl/N-ethyl adjacent to an activating group) is 1. The molecule has 24 heavy (non-hydrogen) atoms. The van der Waals surface area contributed by atoms with Crippen molar-refractivity contribution in [2.24, 2.45) is 0 Å². The van der Waals surface area contributed by atoms with Crippen molar-refractivity contribution in [1.29, 1.82) is 0 Å². The Morgan fingerprint density at radius 2 is 2.00 bits per heavy atom. The van der Waals surface area contributed by atoms with Gasteiger partial charge >= 0.3 is 0 Å². The van der Waals surface area contributed by atoms with E-state index in [-0.39, 0.29) is 5.91 Å². The molecule has 2 aliphatic rings. The van der Waals surface area contributed by atoms with Gasteiger partial charge in [-0.2, -0.15) is 4.31 Å². The average molecular weight is 343 g/mol. The number of likely N-dealkylation sites (tertiary alicyclic amines) is 1. The highest BCUT2D eigenvalue weighted by atomic mass is 32.2. The fourth-order valence-corrected chi connectivity index (χ4v) is 5.53. The molecule has 1 aromatic carbocycles. The van der Waals surface area contributed by atoms with Crippen LogP contribution in [0.15, 0.2) is 53.7 Å². The number of carbonyl (C=O) groups excluding carboxylic acids is 1. The smallest absolute Gasteiger partial charge is 0.255 e. The van der Waals surface area contributed by atoms with Gasteiger partial charge in [0.1, 0.15) is 0 Å². The van der Waals surface area contributed by atoms with Crippen molar-refractivity contribution in [2.45, 2.75) is 16.9 Å². The number of rotatable bonds is 1. The van der Waals surface area contributed by atoms with E-state index in [1.807, 2.05) is 12.1 Å². The van der Waals surface area contributed by atoms with Crippen molar-refractivity contribution in [2.75, 3.05) is 20.1 Å². The fourth-order valence-electron chi connectivity index (χ4n) is 3.74. The monoisotopic (exact) mass is 343 g/mol. The molecule has 0 radical (unpaired) electrons. The first-order valence-corrected chi connectivity index (χ1v) is 9.19. The van der Waals surface area contributed by atoms with Crippen LogP contribution in [0.25, 0.3) is 0 Å². The van der Waals surface area contributed by atoms with Crippen molar-refractivity contribution in [3.63, 3.8) is 0 Å². The minimum Gasteiger partial charge on any atom is -0.336 e. The predicted octanol–water partition coefficient (Wildman–Crippen LogP) is 1.46. The Hall–Kier alpha value is -2.25. The molecule has 0 saturated carbocycles. The molecule has 1 amide bonds. The number of aromatic nitrogens is 1. The molecule has 1 saturated heterocycles. The van der Waals surface area contributed by atoms with Crippen molar-refractivity contribution >= 4 is 15.9 Å². The van der Waals surface area contributed by atoms with E-state index in [9.17, 15) is 13.2 Å². The van der Waals surface area contributed by atoms with Crippen LogP contribution in [-0.2, 0) is 15.6 Å². The zero-order chi connectivity index (χ0) is 16.9. The molecular weight excluding hydrogens is 326 g/mol. The molecule has 3 heterocycles. The maximum absolute atomic E-state index is 12.7. The third kappa shape index (κ3) is 1.94. The minimum absolute atomic E-state index is 0.116. The van der Waals surface area contributed by atoms with Crippen LogP contribution in [0, 0.1) is 0 Å². The standard InChI is InChI=1S/C17H17N3O3S/c1-19-17(14-6-2-3-7-15(14)24(19,22)23)8-10-20(12-17)16(21)13-5-4-9-18-11-13/h2-7,9,11H,8,10,12H2,1H3/t17-/m0/s1. The van der Waals surface area contributed by atoms with E-state index >= 15 is 0 Å². The van der Waals surface area contributed by atoms with Gasteiger partial charge in [0, 0.05) is 32.5 Å². The van der Waals surface area contributed by atoms with Crippen LogP contribution in [0.2, 0.25) is 0 Å². The van der Waals surface area contributed by atoms with E-state index in [2.05, 4.69) is 4.98 Å². The summed E-state index contributed by atoms with van der Waals surface area (Å²) < 4.78 is 26.8. The number of hydrogen-bond donors (Lipinski definition) is 0. The van der Waals surface area contributed by atoms with Crippen LogP contribution in [-0.4, -0.2) is 48.7 Å². The molecule has 7 heteroatoms. The van der Waals surface area contributed by atoms with Crippen molar-refractivity contribution < 1.29 is 13.2 Å². The van der Waals surface area contributed by atoms with Gasteiger partial charge in [-0.3, -0.25) is 9.78 Å². The van der Waals surface area contributed by atoms with E-state index in [1.54, 1.807) is 42.4 Å². The van der Waals surface area contributed by atoms with Gasteiger partial charge in [-0.25, -0.2) is 8.42 Å². The maximum atomic E-state index is 12.7. The van der Waals surface area contributed by atoms with Gasteiger partial charge in [-0.1, -0.05) is 18.2 Å². The lowest BCUT2D eigenvalue weighted by atomic mass is 9.89. The summed E-state index contributed by atoms with van der Waals surface area (Å²) >= 11 is 0. The lowest BCUT2D eigenvalue weighted by Crippen LogP contribution is -2.44. The van der Waals surface area contributed by atoms with Gasteiger partial charge in [-0.05, 0) is 30.2 Å². The summed E-state index contributed by atoms with van der Waals surface area (Å²) in [5, 5.41) is 0. The number of sulfonamides is 1. The summed E-state index contributed by atoms with van der Waals surface area (Å²) in [6.07, 6.45) is 3.75. The fraction of sp³-hybridized carbons (Fsp3) is 0.294. The molecule has 4 rings (SSSR count). The summed E-state index contributed by atoms with van der Waals surface area (Å²) in [6, 6.07) is 10.5. The highest BCUT2D eigenvalue weighted by Gasteiger charge is 2.55. The number of nitrogens with zero attached hydrogens (tertiary/aromatic N) is 3. The van der Waals surface area contributed by atoms with E-state index in [0.29, 0.717) is 30.0 Å². The number of amides is 1. The maximum Gasteiger partial charge on any atom is 0.255 e. The quantitative estimate of drug-likeness (QED) is 0.786. The SMILES string of the molecule is CN1[C@]2(CCN(C(=O)c3cccnc3)C2)c2ccccc2S1(=O)=O. The first-order valence-electron chi connectivity index (χ1n) is 7.75. The predicted molar refractivity (Wildman–Crippen MR) is 87.8 cm³/mol. The summed E-state index contributed by atoms with van der Waals surface area (Å²) in [7, 11) is -1.90. The first-order chi connectivity index (χ1) is 11.5. The van der Waals surface area contributed by atoms with Crippen LogP contribution in [0.3, 0.4) is 0 Å². The molecule has 2 aromatic rings. The van der Waals surface area contributed by atoms with Gasteiger partial charge in [0.2, 0.25) is 10.0 Å². The van der Waals surface area contributed by atoms with Gasteiger partial charge in [0.05, 0.1) is 16.0 Å². The highest BCUT2D eigenvalue weighted by Crippen LogP contribution is 2.48. The second-order valence-electron chi connectivity index (χ2n) is 6.22. The van der Waals surface area contributed by atoms with Gasteiger partial charge in [-0.15, -0.1) is 0 Å². The number of pyridine rings is 1. The Kier molecular flexibility index (Phi) is 3.26. The van der Waals surface area contributed by atoms with E-state index in [1.165, 1.54) is 10.5 Å². The van der Waals surface area contributed by atoms with Crippen LogP contribution in [0.1, 0.15) is 22.3 Å². The van der Waals surface area contributed by atoms with E-state index in [4.69, 9.17) is 0 Å². The summed E-state index contributed by atoms with van der Waals surface area (Å²) in [5.41, 5.74) is 0.633. The van der Waals surface area contributed by atoms with Crippen LogP contribution in [0.5, 0.6) is 0 Å². The summed E-state index contributed by atoms with van der Waals surface area (Å²) in [5.74, 6) is -0.116. The first kappa shape index (κ1) is 15.3. The largest absolute Gasteiger partial charge is 0.336 e. The normalized spacial score (nSPS) is 25.1. The average Bonchev–Trinajstić information content (AvgIpc) is 3.13. The number of carbonyl (C=O) groups is 1. The van der Waals surface area contributed by atoms with Gasteiger partial charge < -0.3 is 4.90 Å². The van der Waals surface area contributed by atoms with Gasteiger partial charge in [0.25, 0.3) is 5.91 Å². The molecule has 0 unspecified atom stereocenters. The third-order valence-electron chi connectivity index (χ3n) is 5.07. The zero-order valence-corrected chi connectivity index (χ0v) is 14.0. The molecule has 1 atom stereocenters. The Labute approximate surface area is 140 Å². The Morgan fingerprint density at radius 1 is 1.21 bits per heavy atom. The Bertz CT molecular complexity index is 914. The van der Waals surface area contributed by atoms with Gasteiger partial charge in [0.15, 0.2) is 0 Å². The molecule has 0 aliphatic carbocycles. The Balaban J connectivity index is 1.73. The molecule has 2 aliphatic heterocycles. The Morgan fingerprint density at radius 3 is 2.75 bits per heavy atom. The highest BCUT2D eigenvalue weighted by molar-refractivity contribution is 7.89. The molecule has 1 aromatic heterocycles. The van der Waals surface area contributed by atoms with Crippen LogP contribution in [0.4, 0.5) is 0 Å². The number of fused-ring (bicyclic) bond motifs is 2. The number of benzene rings is 1. The molecule has 0 N–H and O–H groups in total. The second kappa shape index (κ2) is 5.12. The van der Waals surface area contributed by atoms with E-state index < -0.39 is 15.6 Å². The minimum atomic E-state index is -3.51. The van der Waals surface area contributed by atoms with E-state index in [0.717, 1.165) is 5.56 Å². The van der Waals surface area contributed by atoms with Crippen LogP contribution >= 0.6 is 0 Å². The summed E-state index contributed by atoms with van der Waals surface area (Å²) in [4.78, 5) is 18.7. The molecular formula is C17H17N3O3S. The van der Waals surface area contributed by atoms with Crippen molar-refractivity contribution in [3.05, 3.63) is 59.9 Å². The number of hydrogen-bond acceptors (Lipinski definition) is 4. The summed E-state index contributed by atoms with van der Waals surface area (Å²) in [6.45, 7) is 0.870. The van der Waals surface area contributed by atoms with Crippen molar-refractivity contribution in [3.8, 4) is 0 Å². The molecule has 0 bridgehead atoms. The lowest BCUT2D eigenvalue weighted by molar-refractivity contribution is 0.0769. The van der Waals surface area contributed by atoms with Crippen LogP contribution < -0.4 is 0 Å². The molecule has 1 spiro atoms. The topological polar surface area (TPSA) is 70.6 Å². The lowest BCUT2D eigenvalue weighted by Gasteiger charge is -2.31. The van der Waals surface area contributed by atoms with Crippen molar-refractivity contribution in [1.82, 2.24) is 14.2 Å². The second-order valence-corrected chi connectivity index (χ2v) is 8.16. The molecule has 6 nitrogen and oxygen atoms in total. The molecule has 124 valence electrons. The third-order valence-corrected chi connectivity index (χ3v) is 7.06. The zero-order valence-electron chi connectivity index (χ0n) is 13.2.